The lowest BCUT2D eigenvalue weighted by Crippen LogP contribution is -2.53. The van der Waals surface area contributed by atoms with Crippen molar-refractivity contribution in [3.63, 3.8) is 0 Å². The highest BCUT2D eigenvalue weighted by Crippen LogP contribution is 2.42. The highest BCUT2D eigenvalue weighted by atomic mass is 16.4. The average molecular weight is 370 g/mol. The van der Waals surface area contributed by atoms with Crippen molar-refractivity contribution in [1.82, 2.24) is 9.80 Å². The van der Waals surface area contributed by atoms with E-state index in [0.29, 0.717) is 22.9 Å². The SMILES string of the molecule is O=C(O)c1ccc(CN2CCC3(CCC(=O)N(C4CCCC4)C3)CC2)cc1. The van der Waals surface area contributed by atoms with Crippen molar-refractivity contribution in [1.29, 1.82) is 0 Å². The van der Waals surface area contributed by atoms with Crippen LogP contribution in [0.4, 0.5) is 0 Å². The molecule has 5 heteroatoms. The van der Waals surface area contributed by atoms with Crippen molar-refractivity contribution in [2.24, 2.45) is 5.41 Å². The Bertz CT molecular complexity index is 686. The highest BCUT2D eigenvalue weighted by Gasteiger charge is 2.43. The predicted molar refractivity (Wildman–Crippen MR) is 104 cm³/mol. The van der Waals surface area contributed by atoms with Crippen LogP contribution in [0.2, 0.25) is 0 Å². The summed E-state index contributed by atoms with van der Waals surface area (Å²) in [4.78, 5) is 28.1. The van der Waals surface area contributed by atoms with E-state index in [2.05, 4.69) is 9.80 Å². The predicted octanol–water partition coefficient (Wildman–Crippen LogP) is 3.53. The molecule has 1 saturated carbocycles. The minimum absolute atomic E-state index is 0.320. The van der Waals surface area contributed by atoms with Crippen LogP contribution < -0.4 is 0 Å². The fourth-order valence-electron chi connectivity index (χ4n) is 5.20. The first-order valence-electron chi connectivity index (χ1n) is 10.4. The molecule has 3 fully saturated rings. The highest BCUT2D eigenvalue weighted by molar-refractivity contribution is 5.87. The maximum Gasteiger partial charge on any atom is 0.335 e. The number of benzene rings is 1. The van der Waals surface area contributed by atoms with Gasteiger partial charge in [0.25, 0.3) is 0 Å². The Morgan fingerprint density at radius 3 is 2.37 bits per heavy atom. The third kappa shape index (κ3) is 4.03. The van der Waals surface area contributed by atoms with Crippen LogP contribution in [0.15, 0.2) is 24.3 Å². The van der Waals surface area contributed by atoms with Crippen molar-refractivity contribution in [3.05, 3.63) is 35.4 Å². The lowest BCUT2D eigenvalue weighted by atomic mass is 9.72. The Kier molecular flexibility index (Phi) is 5.22. The van der Waals surface area contributed by atoms with E-state index in [0.717, 1.165) is 51.9 Å². The van der Waals surface area contributed by atoms with E-state index in [9.17, 15) is 9.59 Å². The Balaban J connectivity index is 1.33. The minimum Gasteiger partial charge on any atom is -0.478 e. The molecular weight excluding hydrogens is 340 g/mol. The summed E-state index contributed by atoms with van der Waals surface area (Å²) >= 11 is 0. The molecule has 0 bridgehead atoms. The molecule has 5 nitrogen and oxygen atoms in total. The second-order valence-electron chi connectivity index (χ2n) is 8.74. The summed E-state index contributed by atoms with van der Waals surface area (Å²) in [5, 5.41) is 9.02. The Labute approximate surface area is 161 Å². The summed E-state index contributed by atoms with van der Waals surface area (Å²) in [5.41, 5.74) is 1.83. The fraction of sp³-hybridized carbons (Fsp3) is 0.636. The standard InChI is InChI=1S/C22H30N2O3/c25-20-9-10-22(16-24(20)19-3-1-2-4-19)11-13-23(14-12-22)15-17-5-7-18(8-6-17)21(26)27/h5-8,19H,1-4,9-16H2,(H,26,27). The van der Waals surface area contributed by atoms with Gasteiger partial charge in [-0.1, -0.05) is 25.0 Å². The van der Waals surface area contributed by atoms with Crippen LogP contribution in [-0.2, 0) is 11.3 Å². The monoisotopic (exact) mass is 370 g/mol. The minimum atomic E-state index is -0.875. The van der Waals surface area contributed by atoms with E-state index in [1.54, 1.807) is 12.1 Å². The van der Waals surface area contributed by atoms with Crippen molar-refractivity contribution < 1.29 is 14.7 Å². The molecule has 3 aliphatic rings. The number of piperidine rings is 2. The van der Waals surface area contributed by atoms with Crippen LogP contribution in [0.3, 0.4) is 0 Å². The number of amides is 1. The molecule has 2 aliphatic heterocycles. The number of likely N-dealkylation sites (tertiary alicyclic amines) is 2. The number of carboxylic acids is 1. The van der Waals surface area contributed by atoms with E-state index in [1.807, 2.05) is 12.1 Å². The van der Waals surface area contributed by atoms with Crippen LogP contribution in [-0.4, -0.2) is 52.5 Å². The first kappa shape index (κ1) is 18.5. The topological polar surface area (TPSA) is 60.9 Å². The molecular formula is C22H30N2O3. The molecule has 1 N–H and O–H groups in total. The first-order valence-corrected chi connectivity index (χ1v) is 10.4. The maximum absolute atomic E-state index is 12.5. The van der Waals surface area contributed by atoms with Crippen LogP contribution >= 0.6 is 0 Å². The van der Waals surface area contributed by atoms with Gasteiger partial charge >= 0.3 is 5.97 Å². The summed E-state index contributed by atoms with van der Waals surface area (Å²) < 4.78 is 0. The van der Waals surface area contributed by atoms with Gasteiger partial charge in [0.1, 0.15) is 0 Å². The van der Waals surface area contributed by atoms with Crippen LogP contribution in [0, 0.1) is 5.41 Å². The summed E-state index contributed by atoms with van der Waals surface area (Å²) in [5.74, 6) is -0.492. The first-order chi connectivity index (χ1) is 13.0. The number of carbonyl (C=O) groups excluding carboxylic acids is 1. The van der Waals surface area contributed by atoms with E-state index >= 15 is 0 Å². The molecule has 146 valence electrons. The van der Waals surface area contributed by atoms with Crippen LogP contribution in [0.25, 0.3) is 0 Å². The van der Waals surface area contributed by atoms with Gasteiger partial charge in [-0.05, 0) is 68.3 Å². The van der Waals surface area contributed by atoms with E-state index < -0.39 is 5.97 Å². The maximum atomic E-state index is 12.5. The number of aromatic carboxylic acids is 1. The van der Waals surface area contributed by atoms with Gasteiger partial charge in [0.2, 0.25) is 5.91 Å². The zero-order valence-electron chi connectivity index (χ0n) is 16.0. The zero-order valence-corrected chi connectivity index (χ0v) is 16.0. The van der Waals surface area contributed by atoms with Gasteiger partial charge in [0, 0.05) is 25.6 Å². The summed E-state index contributed by atoms with van der Waals surface area (Å²) in [6.45, 7) is 3.97. The number of hydrogen-bond donors (Lipinski definition) is 1. The van der Waals surface area contributed by atoms with Crippen LogP contribution in [0.5, 0.6) is 0 Å². The van der Waals surface area contributed by atoms with Gasteiger partial charge in [-0.2, -0.15) is 0 Å². The van der Waals surface area contributed by atoms with Gasteiger partial charge < -0.3 is 10.0 Å². The number of hydrogen-bond acceptors (Lipinski definition) is 3. The molecule has 0 unspecified atom stereocenters. The largest absolute Gasteiger partial charge is 0.478 e. The second kappa shape index (κ2) is 7.63. The molecule has 0 radical (unpaired) electrons. The lowest BCUT2D eigenvalue weighted by molar-refractivity contribution is -0.142. The van der Waals surface area contributed by atoms with E-state index in [-0.39, 0.29) is 0 Å². The fourth-order valence-corrected chi connectivity index (χ4v) is 5.20. The van der Waals surface area contributed by atoms with Crippen LogP contribution in [0.1, 0.15) is 67.3 Å². The Hall–Kier alpha value is -1.88. The molecule has 2 saturated heterocycles. The van der Waals surface area contributed by atoms with Gasteiger partial charge in [-0.3, -0.25) is 9.69 Å². The molecule has 4 rings (SSSR count). The van der Waals surface area contributed by atoms with Gasteiger partial charge in [0.15, 0.2) is 0 Å². The summed E-state index contributed by atoms with van der Waals surface area (Å²) in [7, 11) is 0. The molecule has 0 aromatic heterocycles. The molecule has 1 aromatic rings. The second-order valence-corrected chi connectivity index (χ2v) is 8.74. The van der Waals surface area contributed by atoms with Gasteiger partial charge in [-0.25, -0.2) is 4.79 Å². The van der Waals surface area contributed by atoms with Crippen molar-refractivity contribution in [2.75, 3.05) is 19.6 Å². The van der Waals surface area contributed by atoms with Gasteiger partial charge in [-0.15, -0.1) is 0 Å². The summed E-state index contributed by atoms with van der Waals surface area (Å²) in [6.07, 6.45) is 9.04. The number of rotatable bonds is 4. The molecule has 1 aromatic carbocycles. The zero-order chi connectivity index (χ0) is 18.9. The third-order valence-electron chi connectivity index (χ3n) is 6.98. The van der Waals surface area contributed by atoms with Crippen molar-refractivity contribution >= 4 is 11.9 Å². The van der Waals surface area contributed by atoms with Crippen molar-refractivity contribution in [3.8, 4) is 0 Å². The Morgan fingerprint density at radius 2 is 1.74 bits per heavy atom. The molecule has 1 aliphatic carbocycles. The quantitative estimate of drug-likeness (QED) is 0.881. The number of carbonyl (C=O) groups is 2. The van der Waals surface area contributed by atoms with Gasteiger partial charge in [0.05, 0.1) is 5.56 Å². The molecule has 2 heterocycles. The van der Waals surface area contributed by atoms with E-state index in [4.69, 9.17) is 5.11 Å². The molecule has 27 heavy (non-hydrogen) atoms. The normalized spacial score (nSPS) is 23.9. The smallest absolute Gasteiger partial charge is 0.335 e. The molecule has 0 atom stereocenters. The average Bonchev–Trinajstić information content (AvgIpc) is 3.21. The number of carboxylic acid groups (broad SMARTS) is 1. The summed E-state index contributed by atoms with van der Waals surface area (Å²) in [6, 6.07) is 7.73. The third-order valence-corrected chi connectivity index (χ3v) is 6.98. The number of nitrogens with zero attached hydrogens (tertiary/aromatic N) is 2. The van der Waals surface area contributed by atoms with Crippen molar-refractivity contribution in [2.45, 2.75) is 64.0 Å². The molecule has 1 amide bonds. The molecule has 1 spiro atoms. The Morgan fingerprint density at radius 1 is 1.07 bits per heavy atom. The lowest BCUT2D eigenvalue weighted by Gasteiger charge is -2.49. The van der Waals surface area contributed by atoms with E-state index in [1.165, 1.54) is 31.2 Å².